The van der Waals surface area contributed by atoms with Gasteiger partial charge in [-0.25, -0.2) is 4.79 Å². The number of nitrogens with one attached hydrogen (secondary N) is 1. The summed E-state index contributed by atoms with van der Waals surface area (Å²) >= 11 is 6.78. The zero-order valence-electron chi connectivity index (χ0n) is 16.9. The van der Waals surface area contributed by atoms with E-state index in [1.54, 1.807) is 24.3 Å². The molecule has 5 rings (SSSR count). The number of alkyl halides is 1. The van der Waals surface area contributed by atoms with Crippen molar-refractivity contribution in [2.45, 2.75) is 50.3 Å². The van der Waals surface area contributed by atoms with Crippen molar-refractivity contribution in [3.05, 3.63) is 47.2 Å². The van der Waals surface area contributed by atoms with Crippen LogP contribution in [0.4, 0.5) is 0 Å². The third kappa shape index (κ3) is 4.06. The molecule has 0 aliphatic heterocycles. The van der Waals surface area contributed by atoms with Crippen molar-refractivity contribution in [2.24, 2.45) is 22.4 Å². The molecule has 1 aromatic carbocycles. The predicted molar refractivity (Wildman–Crippen MR) is 114 cm³/mol. The Bertz CT molecular complexity index is 936. The number of ketones is 2. The van der Waals surface area contributed by atoms with Gasteiger partial charge in [-0.15, -0.1) is 11.6 Å². The number of allylic oxidation sites excluding steroid dienone is 1. The average Bonchev–Trinajstić information content (AvgIpc) is 2.65. The molecule has 0 aromatic heterocycles. The van der Waals surface area contributed by atoms with Crippen molar-refractivity contribution >= 4 is 35.4 Å². The molecule has 158 valence electrons. The molecule has 30 heavy (non-hydrogen) atoms. The smallest absolute Gasteiger partial charge is 0.353 e. The largest absolute Gasteiger partial charge is 0.477 e. The van der Waals surface area contributed by atoms with Crippen LogP contribution in [0, 0.1) is 24.2 Å². The minimum atomic E-state index is -1.32. The van der Waals surface area contributed by atoms with Gasteiger partial charge in [0.1, 0.15) is 5.70 Å². The normalized spacial score (nSPS) is 32.4. The van der Waals surface area contributed by atoms with E-state index in [-0.39, 0.29) is 16.4 Å². The summed E-state index contributed by atoms with van der Waals surface area (Å²) < 4.78 is 0. The Kier molecular flexibility index (Phi) is 5.30. The van der Waals surface area contributed by atoms with Crippen LogP contribution >= 0.6 is 11.6 Å². The molecule has 4 bridgehead atoms. The molecule has 0 radical (unpaired) electrons. The second-order valence-corrected chi connectivity index (χ2v) is 10.0. The molecule has 0 spiro atoms. The van der Waals surface area contributed by atoms with Crippen LogP contribution < -0.4 is 5.43 Å². The molecule has 7 heteroatoms. The number of carbonyl (C=O) groups excluding carboxylic acids is 2. The Balaban J connectivity index is 1.45. The van der Waals surface area contributed by atoms with E-state index in [1.165, 1.54) is 6.21 Å². The van der Waals surface area contributed by atoms with Crippen molar-refractivity contribution < 1.29 is 19.5 Å². The first kappa shape index (κ1) is 20.8. The van der Waals surface area contributed by atoms with Crippen LogP contribution in [0.25, 0.3) is 0 Å². The van der Waals surface area contributed by atoms with Gasteiger partial charge in [0.2, 0.25) is 0 Å². The summed E-state index contributed by atoms with van der Waals surface area (Å²) in [7, 11) is 0. The summed E-state index contributed by atoms with van der Waals surface area (Å²) in [5, 5.41) is 13.2. The molecule has 0 saturated heterocycles. The van der Waals surface area contributed by atoms with Gasteiger partial charge in [0.15, 0.2) is 11.6 Å². The number of hydrogen-bond acceptors (Lipinski definition) is 5. The fourth-order valence-corrected chi connectivity index (χ4v) is 6.50. The van der Waals surface area contributed by atoms with E-state index >= 15 is 0 Å². The summed E-state index contributed by atoms with van der Waals surface area (Å²) in [6.07, 6.45) is 7.56. The van der Waals surface area contributed by atoms with Crippen LogP contribution in [0.5, 0.6) is 0 Å². The van der Waals surface area contributed by atoms with Crippen LogP contribution in [0.15, 0.2) is 41.1 Å². The van der Waals surface area contributed by atoms with E-state index < -0.39 is 17.2 Å². The summed E-state index contributed by atoms with van der Waals surface area (Å²) in [4.78, 5) is 36.5. The molecule has 6 nitrogen and oxygen atoms in total. The predicted octanol–water partition coefficient (Wildman–Crippen LogP) is 3.87. The minimum absolute atomic E-state index is 0.108. The molecule has 4 aliphatic rings. The maximum atomic E-state index is 13.0. The molecule has 0 heterocycles. The summed E-state index contributed by atoms with van der Waals surface area (Å²) in [5.74, 6) is -0.920. The first-order chi connectivity index (χ1) is 14.2. The summed E-state index contributed by atoms with van der Waals surface area (Å²) in [5.41, 5.74) is 2.87. The molecule has 1 aromatic rings. The van der Waals surface area contributed by atoms with Crippen molar-refractivity contribution in [3.63, 3.8) is 0 Å². The lowest BCUT2D eigenvalue weighted by Gasteiger charge is -2.59. The van der Waals surface area contributed by atoms with Crippen molar-refractivity contribution in [1.82, 2.24) is 5.43 Å². The molecule has 2 atom stereocenters. The monoisotopic (exact) mass is 428 g/mol. The molecule has 2 N–H and O–H groups in total. The number of hydrazone groups is 1. The van der Waals surface area contributed by atoms with Crippen LogP contribution in [-0.2, 0) is 9.59 Å². The molecule has 0 amide bonds. The van der Waals surface area contributed by atoms with Gasteiger partial charge in [-0.1, -0.05) is 29.8 Å². The number of Topliss-reactive ketones (excluding diaryl/α,β-unsaturated/α-hetero) is 1. The Labute approximate surface area is 180 Å². The van der Waals surface area contributed by atoms with Crippen molar-refractivity contribution in [1.29, 1.82) is 0 Å². The molecule has 2 unspecified atom stereocenters. The number of aryl methyl sites for hydroxylation is 1. The number of carboxylic acids is 1. The van der Waals surface area contributed by atoms with E-state index in [1.807, 2.05) is 6.92 Å². The van der Waals surface area contributed by atoms with Gasteiger partial charge in [-0.05, 0) is 57.3 Å². The van der Waals surface area contributed by atoms with Gasteiger partial charge in [0.25, 0.3) is 0 Å². The summed E-state index contributed by atoms with van der Waals surface area (Å²) in [6, 6.07) is 6.83. The number of halogens is 1. The molecule has 4 saturated carbocycles. The number of rotatable bonds is 7. The van der Waals surface area contributed by atoms with Gasteiger partial charge in [0.05, 0.1) is 6.21 Å². The highest BCUT2D eigenvalue weighted by atomic mass is 35.5. The molecule has 4 fully saturated rings. The number of hydrogen-bond donors (Lipinski definition) is 2. The van der Waals surface area contributed by atoms with E-state index in [4.69, 9.17) is 11.6 Å². The number of carboxylic acid groups (broad SMARTS) is 1. The Morgan fingerprint density at radius 1 is 1.13 bits per heavy atom. The van der Waals surface area contributed by atoms with E-state index in [0.29, 0.717) is 23.8 Å². The highest BCUT2D eigenvalue weighted by molar-refractivity contribution is 6.31. The fraction of sp³-hybridized carbons (Fsp3) is 0.478. The first-order valence-corrected chi connectivity index (χ1v) is 10.6. The van der Waals surface area contributed by atoms with Crippen LogP contribution in [-0.4, -0.2) is 33.7 Å². The lowest BCUT2D eigenvalue weighted by molar-refractivity contribution is -0.135. The lowest BCUT2D eigenvalue weighted by Crippen LogP contribution is -2.56. The number of benzene rings is 1. The maximum Gasteiger partial charge on any atom is 0.353 e. The SMILES string of the molecule is Cc1ccc(C(=O)/C=C(\N/N=C\C(=O)C23CC4CC(CC(Cl)(C4)C2)C3)C(=O)O)cc1. The molecule has 4 aliphatic carbocycles. The van der Waals surface area contributed by atoms with Crippen molar-refractivity contribution in [2.75, 3.05) is 0 Å². The Morgan fingerprint density at radius 3 is 2.33 bits per heavy atom. The third-order valence-electron chi connectivity index (χ3n) is 6.72. The number of aliphatic carboxylic acids is 1. The third-order valence-corrected chi connectivity index (χ3v) is 7.16. The van der Waals surface area contributed by atoms with Gasteiger partial charge in [-0.2, -0.15) is 5.10 Å². The van der Waals surface area contributed by atoms with Crippen LogP contribution in [0.3, 0.4) is 0 Å². The number of carbonyl (C=O) groups is 3. The average molecular weight is 429 g/mol. The Hall–Kier alpha value is -2.47. The standard InChI is InChI=1S/C23H25ClN2O4/c1-14-2-4-17(5-3-14)19(27)7-18(21(29)30)26-25-12-20(28)22-8-15-6-16(9-22)11-23(24,10-15)13-22/h2-5,7,12,15-16,26H,6,8-11,13H2,1H3,(H,29,30)/b18-7-,25-12-. The fourth-order valence-electron chi connectivity index (χ4n) is 5.81. The zero-order chi connectivity index (χ0) is 21.5. The zero-order valence-corrected chi connectivity index (χ0v) is 17.6. The Morgan fingerprint density at radius 2 is 1.77 bits per heavy atom. The second-order valence-electron chi connectivity index (χ2n) is 9.22. The quantitative estimate of drug-likeness (QED) is 0.226. The summed E-state index contributed by atoms with van der Waals surface area (Å²) in [6.45, 7) is 1.90. The van der Waals surface area contributed by atoms with E-state index in [2.05, 4.69) is 10.5 Å². The highest BCUT2D eigenvalue weighted by Crippen LogP contribution is 2.63. The highest BCUT2D eigenvalue weighted by Gasteiger charge is 2.59. The van der Waals surface area contributed by atoms with E-state index in [0.717, 1.165) is 43.7 Å². The van der Waals surface area contributed by atoms with Crippen LogP contribution in [0.1, 0.15) is 54.4 Å². The second kappa shape index (κ2) is 7.65. The first-order valence-electron chi connectivity index (χ1n) is 10.3. The lowest BCUT2D eigenvalue weighted by atomic mass is 9.48. The maximum absolute atomic E-state index is 13.0. The van der Waals surface area contributed by atoms with Gasteiger partial charge in [-0.3, -0.25) is 15.0 Å². The molecular weight excluding hydrogens is 404 g/mol. The van der Waals surface area contributed by atoms with Gasteiger partial charge in [0, 0.05) is 21.9 Å². The van der Waals surface area contributed by atoms with Gasteiger partial charge >= 0.3 is 5.97 Å². The topological polar surface area (TPSA) is 95.8 Å². The minimum Gasteiger partial charge on any atom is -0.477 e. The van der Waals surface area contributed by atoms with E-state index in [9.17, 15) is 19.5 Å². The van der Waals surface area contributed by atoms with Gasteiger partial charge < -0.3 is 5.11 Å². The number of nitrogens with zero attached hydrogens (tertiary/aromatic N) is 1. The van der Waals surface area contributed by atoms with Crippen LogP contribution in [0.2, 0.25) is 0 Å². The van der Waals surface area contributed by atoms with Crippen molar-refractivity contribution in [3.8, 4) is 0 Å². The molecular formula is C23H25ClN2O4.